The molecule has 112 valence electrons. The third-order valence-electron chi connectivity index (χ3n) is 3.71. The quantitative estimate of drug-likeness (QED) is 0.612. The lowest BCUT2D eigenvalue weighted by Crippen LogP contribution is -2.41. The van der Waals surface area contributed by atoms with E-state index >= 15 is 0 Å². The van der Waals surface area contributed by atoms with Gasteiger partial charge in [-0.15, -0.1) is 0 Å². The van der Waals surface area contributed by atoms with E-state index in [0.717, 1.165) is 6.42 Å². The minimum absolute atomic E-state index is 0.0576. The van der Waals surface area contributed by atoms with Crippen LogP contribution in [-0.4, -0.2) is 42.3 Å². The summed E-state index contributed by atoms with van der Waals surface area (Å²) in [7, 11) is 1.32. The molecule has 0 spiro atoms. The lowest BCUT2D eigenvalue weighted by molar-refractivity contribution is -0.150. The molecule has 0 aromatic heterocycles. The number of rotatable bonds is 5. The van der Waals surface area contributed by atoms with Gasteiger partial charge in [-0.05, 0) is 12.8 Å². The standard InChI is InChI=1S/C16H19NO4/c1-21-16(20)13-8-5-11-17(13)15(19)10-9-14(18)12-6-3-2-4-7-12/h2-4,6-7,13H,5,8-11H2,1H3/t13-/m1/s1. The lowest BCUT2D eigenvalue weighted by atomic mass is 10.1. The van der Waals surface area contributed by atoms with Crippen LogP contribution in [0.15, 0.2) is 30.3 Å². The SMILES string of the molecule is COC(=O)[C@H]1CCCN1C(=O)CCC(=O)c1ccccc1. The summed E-state index contributed by atoms with van der Waals surface area (Å²) in [5, 5.41) is 0. The number of carbonyl (C=O) groups is 3. The molecule has 0 bridgehead atoms. The van der Waals surface area contributed by atoms with Crippen molar-refractivity contribution >= 4 is 17.7 Å². The Bertz CT molecular complexity index is 526. The summed E-state index contributed by atoms with van der Waals surface area (Å²) >= 11 is 0. The van der Waals surface area contributed by atoms with E-state index < -0.39 is 6.04 Å². The Morgan fingerprint density at radius 1 is 1.19 bits per heavy atom. The Morgan fingerprint density at radius 3 is 2.57 bits per heavy atom. The van der Waals surface area contributed by atoms with Gasteiger partial charge in [0.1, 0.15) is 6.04 Å². The van der Waals surface area contributed by atoms with Gasteiger partial charge in [0.2, 0.25) is 5.91 Å². The van der Waals surface area contributed by atoms with Crippen molar-refractivity contribution in [2.24, 2.45) is 0 Å². The molecule has 1 heterocycles. The van der Waals surface area contributed by atoms with E-state index in [0.29, 0.717) is 18.5 Å². The van der Waals surface area contributed by atoms with Crippen LogP contribution >= 0.6 is 0 Å². The minimum Gasteiger partial charge on any atom is -0.467 e. The van der Waals surface area contributed by atoms with Crippen LogP contribution in [0, 0.1) is 0 Å². The molecular formula is C16H19NO4. The van der Waals surface area contributed by atoms with E-state index in [1.165, 1.54) is 12.0 Å². The molecule has 21 heavy (non-hydrogen) atoms. The molecule has 1 amide bonds. The summed E-state index contributed by atoms with van der Waals surface area (Å²) in [6.45, 7) is 0.554. The highest BCUT2D eigenvalue weighted by atomic mass is 16.5. The Morgan fingerprint density at radius 2 is 1.90 bits per heavy atom. The summed E-state index contributed by atoms with van der Waals surface area (Å²) in [6.07, 6.45) is 1.71. The van der Waals surface area contributed by atoms with Crippen LogP contribution < -0.4 is 0 Å². The highest BCUT2D eigenvalue weighted by molar-refractivity contribution is 5.98. The molecule has 1 atom stereocenters. The van der Waals surface area contributed by atoms with Crippen molar-refractivity contribution < 1.29 is 19.1 Å². The van der Waals surface area contributed by atoms with Crippen molar-refractivity contribution in [2.75, 3.05) is 13.7 Å². The fourth-order valence-corrected chi connectivity index (χ4v) is 2.58. The van der Waals surface area contributed by atoms with E-state index in [2.05, 4.69) is 0 Å². The summed E-state index contributed by atoms with van der Waals surface area (Å²) in [5.74, 6) is -0.597. The monoisotopic (exact) mass is 289 g/mol. The molecule has 0 radical (unpaired) electrons. The highest BCUT2D eigenvalue weighted by Gasteiger charge is 2.34. The molecule has 0 aliphatic carbocycles. The molecule has 0 unspecified atom stereocenters. The highest BCUT2D eigenvalue weighted by Crippen LogP contribution is 2.20. The van der Waals surface area contributed by atoms with Gasteiger partial charge >= 0.3 is 5.97 Å². The molecular weight excluding hydrogens is 270 g/mol. The van der Waals surface area contributed by atoms with Gasteiger partial charge in [0.05, 0.1) is 7.11 Å². The van der Waals surface area contributed by atoms with E-state index in [-0.39, 0.29) is 30.5 Å². The van der Waals surface area contributed by atoms with Gasteiger partial charge in [-0.2, -0.15) is 0 Å². The first-order valence-corrected chi connectivity index (χ1v) is 7.09. The zero-order chi connectivity index (χ0) is 15.2. The third kappa shape index (κ3) is 3.68. The number of Topliss-reactive ketones (excluding diaryl/α,β-unsaturated/α-hetero) is 1. The van der Waals surface area contributed by atoms with E-state index in [1.54, 1.807) is 24.3 Å². The molecule has 1 fully saturated rings. The molecule has 1 aliphatic rings. The normalized spacial score (nSPS) is 17.6. The number of likely N-dealkylation sites (tertiary alicyclic amines) is 1. The third-order valence-corrected chi connectivity index (χ3v) is 3.71. The number of hydrogen-bond donors (Lipinski definition) is 0. The van der Waals surface area contributed by atoms with Crippen molar-refractivity contribution in [1.29, 1.82) is 0 Å². The van der Waals surface area contributed by atoms with Gasteiger partial charge in [0, 0.05) is 24.9 Å². The van der Waals surface area contributed by atoms with Crippen molar-refractivity contribution in [3.05, 3.63) is 35.9 Å². The largest absolute Gasteiger partial charge is 0.467 e. The maximum atomic E-state index is 12.2. The maximum absolute atomic E-state index is 12.2. The second-order valence-corrected chi connectivity index (χ2v) is 5.06. The second kappa shape index (κ2) is 7.02. The van der Waals surface area contributed by atoms with Crippen LogP contribution in [0.2, 0.25) is 0 Å². The molecule has 5 heteroatoms. The first-order valence-electron chi connectivity index (χ1n) is 7.09. The Kier molecular flexibility index (Phi) is 5.09. The van der Waals surface area contributed by atoms with Crippen molar-refractivity contribution in [1.82, 2.24) is 4.90 Å². The predicted octanol–water partition coefficient (Wildman–Crippen LogP) is 1.81. The molecule has 1 aromatic rings. The van der Waals surface area contributed by atoms with Crippen LogP contribution in [0.5, 0.6) is 0 Å². The molecule has 0 N–H and O–H groups in total. The summed E-state index contributed by atoms with van der Waals surface area (Å²) in [4.78, 5) is 37.3. The van der Waals surface area contributed by atoms with Gasteiger partial charge in [0.15, 0.2) is 5.78 Å². The van der Waals surface area contributed by atoms with Crippen molar-refractivity contribution in [2.45, 2.75) is 31.7 Å². The first kappa shape index (κ1) is 15.2. The number of carbonyl (C=O) groups excluding carboxylic acids is 3. The van der Waals surface area contributed by atoms with Gasteiger partial charge in [-0.3, -0.25) is 9.59 Å². The number of hydrogen-bond acceptors (Lipinski definition) is 4. The van der Waals surface area contributed by atoms with Crippen LogP contribution in [-0.2, 0) is 14.3 Å². The average molecular weight is 289 g/mol. The fraction of sp³-hybridized carbons (Fsp3) is 0.438. The van der Waals surface area contributed by atoms with Gasteiger partial charge in [-0.1, -0.05) is 30.3 Å². The Balaban J connectivity index is 1.90. The van der Waals surface area contributed by atoms with Gasteiger partial charge < -0.3 is 9.64 Å². The Labute approximate surface area is 123 Å². The molecule has 5 nitrogen and oxygen atoms in total. The number of methoxy groups -OCH3 is 1. The maximum Gasteiger partial charge on any atom is 0.328 e. The average Bonchev–Trinajstić information content (AvgIpc) is 3.02. The second-order valence-electron chi connectivity index (χ2n) is 5.06. The number of amides is 1. The number of esters is 1. The first-order chi connectivity index (χ1) is 10.1. The van der Waals surface area contributed by atoms with E-state index in [9.17, 15) is 14.4 Å². The zero-order valence-corrected chi connectivity index (χ0v) is 12.1. The summed E-state index contributed by atoms with van der Waals surface area (Å²) < 4.78 is 4.71. The molecule has 2 rings (SSSR count). The van der Waals surface area contributed by atoms with Crippen LogP contribution in [0.25, 0.3) is 0 Å². The molecule has 1 aromatic carbocycles. The topological polar surface area (TPSA) is 63.7 Å². The van der Waals surface area contributed by atoms with Gasteiger partial charge in [0.25, 0.3) is 0 Å². The predicted molar refractivity (Wildman–Crippen MR) is 76.8 cm³/mol. The summed E-state index contributed by atoms with van der Waals surface area (Å²) in [5.41, 5.74) is 0.608. The molecule has 0 saturated carbocycles. The van der Waals surface area contributed by atoms with Crippen molar-refractivity contribution in [3.8, 4) is 0 Å². The lowest BCUT2D eigenvalue weighted by Gasteiger charge is -2.22. The minimum atomic E-state index is -0.491. The number of ether oxygens (including phenoxy) is 1. The van der Waals surface area contributed by atoms with Gasteiger partial charge in [-0.25, -0.2) is 4.79 Å². The molecule has 1 aliphatic heterocycles. The number of benzene rings is 1. The smallest absolute Gasteiger partial charge is 0.328 e. The fourth-order valence-electron chi connectivity index (χ4n) is 2.58. The molecule has 1 saturated heterocycles. The van der Waals surface area contributed by atoms with E-state index in [4.69, 9.17) is 4.74 Å². The Hall–Kier alpha value is -2.17. The number of nitrogens with zero attached hydrogens (tertiary/aromatic N) is 1. The van der Waals surface area contributed by atoms with Crippen LogP contribution in [0.3, 0.4) is 0 Å². The zero-order valence-electron chi connectivity index (χ0n) is 12.1. The number of ketones is 1. The van der Waals surface area contributed by atoms with E-state index in [1.807, 2.05) is 6.07 Å². The summed E-state index contributed by atoms with van der Waals surface area (Å²) in [6, 6.07) is 8.41. The van der Waals surface area contributed by atoms with Crippen LogP contribution in [0.1, 0.15) is 36.0 Å². The van der Waals surface area contributed by atoms with Crippen LogP contribution in [0.4, 0.5) is 0 Å². The van der Waals surface area contributed by atoms with Crippen molar-refractivity contribution in [3.63, 3.8) is 0 Å².